The van der Waals surface area contributed by atoms with Crippen LogP contribution in [0, 0.1) is 0 Å². The number of hydrogen-bond donors (Lipinski definition) is 0. The average Bonchev–Trinajstić information content (AvgIpc) is 2.52. The molecule has 6 heteroatoms. The Balaban J connectivity index is 3.19. The van der Waals surface area contributed by atoms with Crippen LogP contribution in [0.25, 0.3) is 0 Å². The molecule has 0 saturated heterocycles. The number of benzene rings is 1. The fourth-order valence-electron chi connectivity index (χ4n) is 1.89. The molecule has 1 atom stereocenters. The molecule has 4 nitrogen and oxygen atoms in total. The van der Waals surface area contributed by atoms with Crippen molar-refractivity contribution in [2.24, 2.45) is 0 Å². The molecule has 1 rings (SSSR count). The molecule has 0 aliphatic heterocycles. The zero-order valence-electron chi connectivity index (χ0n) is 13.5. The van der Waals surface area contributed by atoms with Gasteiger partial charge in [-0.2, -0.15) is 0 Å². The van der Waals surface area contributed by atoms with E-state index in [-0.39, 0.29) is 13.2 Å². The molecule has 0 aromatic heterocycles. The maximum atomic E-state index is 13.0. The second-order valence-electron chi connectivity index (χ2n) is 4.60. The first-order valence-corrected chi connectivity index (χ1v) is 11.6. The molecule has 22 heavy (non-hydrogen) atoms. The van der Waals surface area contributed by atoms with Gasteiger partial charge in [0.1, 0.15) is 0 Å². The Hall–Kier alpha value is -0.571. The monoisotopic (exact) mass is 392 g/mol. The van der Waals surface area contributed by atoms with Crippen LogP contribution in [0.5, 0.6) is 0 Å². The molecule has 0 aliphatic rings. The molecule has 1 aromatic carbocycles. The topological polar surface area (TPSA) is 52.6 Å². The minimum absolute atomic E-state index is 0.260. The Labute approximate surface area is 137 Å². The Morgan fingerprint density at radius 3 is 2.23 bits per heavy atom. The molecule has 0 amide bonds. The van der Waals surface area contributed by atoms with E-state index >= 15 is 0 Å². The van der Waals surface area contributed by atoms with Gasteiger partial charge in [0.25, 0.3) is 0 Å². The van der Waals surface area contributed by atoms with Gasteiger partial charge in [0.2, 0.25) is 0 Å². The van der Waals surface area contributed by atoms with Gasteiger partial charge in [-0.25, -0.2) is 0 Å². The van der Waals surface area contributed by atoms with Gasteiger partial charge in [0.05, 0.1) is 0 Å². The molecule has 124 valence electrons. The SMILES string of the molecule is CCCCC=C([Se](=O)c1ccccc1)P(=O)(OCC)OCC. The van der Waals surface area contributed by atoms with E-state index in [0.29, 0.717) is 8.67 Å². The van der Waals surface area contributed by atoms with Crippen molar-refractivity contribution in [1.29, 1.82) is 0 Å². The average molecular weight is 391 g/mol. The molecule has 1 unspecified atom stereocenters. The van der Waals surface area contributed by atoms with Gasteiger partial charge < -0.3 is 0 Å². The second-order valence-corrected chi connectivity index (χ2v) is 10.3. The van der Waals surface area contributed by atoms with Gasteiger partial charge in [-0.05, 0) is 0 Å². The van der Waals surface area contributed by atoms with E-state index in [1.807, 2.05) is 18.2 Å². The number of allylic oxidation sites excluding steroid dienone is 1. The summed E-state index contributed by atoms with van der Waals surface area (Å²) in [6.07, 6.45) is 4.51. The van der Waals surface area contributed by atoms with E-state index in [2.05, 4.69) is 6.92 Å². The molecular formula is C16H25O4PSe. The van der Waals surface area contributed by atoms with Gasteiger partial charge in [-0.3, -0.25) is 0 Å². The Morgan fingerprint density at radius 1 is 1.14 bits per heavy atom. The van der Waals surface area contributed by atoms with Crippen LogP contribution in [-0.4, -0.2) is 27.0 Å². The summed E-state index contributed by atoms with van der Waals surface area (Å²) < 4.78 is 37.8. The van der Waals surface area contributed by atoms with Crippen molar-refractivity contribution in [3.05, 3.63) is 40.6 Å². The first-order chi connectivity index (χ1) is 10.6. The van der Waals surface area contributed by atoms with Crippen LogP contribution in [0.4, 0.5) is 0 Å². The van der Waals surface area contributed by atoms with E-state index in [1.54, 1.807) is 32.1 Å². The van der Waals surface area contributed by atoms with Crippen LogP contribution >= 0.6 is 7.60 Å². The van der Waals surface area contributed by atoms with Gasteiger partial charge in [0, 0.05) is 0 Å². The van der Waals surface area contributed by atoms with Gasteiger partial charge in [0.15, 0.2) is 0 Å². The van der Waals surface area contributed by atoms with E-state index in [0.717, 1.165) is 19.3 Å². The molecule has 0 fully saturated rings. The zero-order chi connectivity index (χ0) is 16.4. The van der Waals surface area contributed by atoms with Crippen molar-refractivity contribution in [3.63, 3.8) is 0 Å². The summed E-state index contributed by atoms with van der Waals surface area (Å²) in [5, 5.41) is 0. The molecule has 0 N–H and O–H groups in total. The summed E-state index contributed by atoms with van der Waals surface area (Å²) in [7, 11) is -3.49. The Morgan fingerprint density at radius 2 is 1.73 bits per heavy atom. The molecule has 1 aromatic rings. The first-order valence-electron chi connectivity index (χ1n) is 7.65. The van der Waals surface area contributed by atoms with Crippen molar-refractivity contribution in [3.8, 4) is 0 Å². The van der Waals surface area contributed by atoms with Crippen molar-refractivity contribution in [2.45, 2.75) is 40.0 Å². The fourth-order valence-corrected chi connectivity index (χ4v) is 7.86. The molecular weight excluding hydrogens is 366 g/mol. The summed E-state index contributed by atoms with van der Waals surface area (Å²) >= 11 is -2.65. The van der Waals surface area contributed by atoms with Crippen molar-refractivity contribution < 1.29 is 17.4 Å². The summed E-state index contributed by atoms with van der Waals surface area (Å²) in [4.78, 5) is 0. The van der Waals surface area contributed by atoms with Crippen molar-refractivity contribution in [2.75, 3.05) is 13.2 Å². The van der Waals surface area contributed by atoms with Crippen molar-refractivity contribution >= 4 is 25.9 Å². The number of unbranched alkanes of at least 4 members (excludes halogenated alkanes) is 2. The second kappa shape index (κ2) is 10.3. The van der Waals surface area contributed by atoms with Crippen LogP contribution in [0.3, 0.4) is 0 Å². The minimum atomic E-state index is -3.49. The standard InChI is InChI=1S/C16H25O4PSe/c1-4-7-9-14-16(21(17,19-5-2)20-6-3)22(18)15-12-10-8-11-13-15/h8,10-14H,4-7,9H2,1-3H3. The zero-order valence-corrected chi connectivity index (χ0v) is 16.1. The van der Waals surface area contributed by atoms with E-state index in [1.165, 1.54) is 0 Å². The summed E-state index contributed by atoms with van der Waals surface area (Å²) in [6, 6.07) is 9.13. The van der Waals surface area contributed by atoms with Crippen LogP contribution in [0.1, 0.15) is 40.0 Å². The fraction of sp³-hybridized carbons (Fsp3) is 0.500. The van der Waals surface area contributed by atoms with Gasteiger partial charge in [-0.15, -0.1) is 0 Å². The predicted octanol–water partition coefficient (Wildman–Crippen LogP) is 4.20. The van der Waals surface area contributed by atoms with Crippen molar-refractivity contribution in [1.82, 2.24) is 0 Å². The maximum absolute atomic E-state index is 13.0. The molecule has 0 radical (unpaired) electrons. The molecule has 0 aliphatic carbocycles. The third-order valence-electron chi connectivity index (χ3n) is 2.89. The first kappa shape index (κ1) is 19.5. The van der Waals surface area contributed by atoms with Crippen LogP contribution in [0.15, 0.2) is 40.6 Å². The van der Waals surface area contributed by atoms with Crippen LogP contribution in [-0.2, 0) is 17.4 Å². The quantitative estimate of drug-likeness (QED) is 0.341. The molecule has 0 bridgehead atoms. The Kier molecular flexibility index (Phi) is 9.07. The van der Waals surface area contributed by atoms with Crippen LogP contribution < -0.4 is 4.46 Å². The Bertz CT molecular complexity index is 532. The summed E-state index contributed by atoms with van der Waals surface area (Å²) in [6.45, 7) is 6.13. The molecule has 0 saturated carbocycles. The summed E-state index contributed by atoms with van der Waals surface area (Å²) in [5.41, 5.74) is 0. The van der Waals surface area contributed by atoms with Gasteiger partial charge >= 0.3 is 137 Å². The van der Waals surface area contributed by atoms with E-state index in [9.17, 15) is 8.40 Å². The van der Waals surface area contributed by atoms with E-state index in [4.69, 9.17) is 9.05 Å². The predicted molar refractivity (Wildman–Crippen MR) is 91.0 cm³/mol. The van der Waals surface area contributed by atoms with E-state index < -0.39 is 21.4 Å². The third kappa shape index (κ3) is 5.57. The number of rotatable bonds is 10. The normalized spacial score (nSPS) is 14.0. The van der Waals surface area contributed by atoms with Crippen LogP contribution in [0.2, 0.25) is 0 Å². The third-order valence-corrected chi connectivity index (χ3v) is 9.70. The molecule has 0 heterocycles. The number of hydrogen-bond acceptors (Lipinski definition) is 4. The van der Waals surface area contributed by atoms with Gasteiger partial charge in [-0.1, -0.05) is 0 Å². The molecule has 0 spiro atoms. The summed E-state index contributed by atoms with van der Waals surface area (Å²) in [5.74, 6) is 0.